The molecular weight excluding hydrogens is 400 g/mol. The summed E-state index contributed by atoms with van der Waals surface area (Å²) in [6.07, 6.45) is 2.84. The van der Waals surface area contributed by atoms with Gasteiger partial charge >= 0.3 is 0 Å². The number of piperidine rings is 1. The SMILES string of the molecule is COc1cc(CN2CCC3(CC2)CC3NC(O)c2cccc3ccccc23)cc(OC)c1. The molecule has 3 aromatic rings. The summed E-state index contributed by atoms with van der Waals surface area (Å²) in [5.74, 6) is 1.67. The van der Waals surface area contributed by atoms with Crippen LogP contribution in [0.2, 0.25) is 0 Å². The molecule has 2 aliphatic rings. The largest absolute Gasteiger partial charge is 0.497 e. The van der Waals surface area contributed by atoms with Gasteiger partial charge in [-0.1, -0.05) is 42.5 Å². The van der Waals surface area contributed by atoms with Crippen LogP contribution in [0.25, 0.3) is 10.8 Å². The number of hydrogen-bond donors (Lipinski definition) is 2. The lowest BCUT2D eigenvalue weighted by Crippen LogP contribution is -2.37. The van der Waals surface area contributed by atoms with E-state index in [1.807, 2.05) is 30.3 Å². The number of likely N-dealkylation sites (tertiary alicyclic amines) is 1. The fourth-order valence-electron chi connectivity index (χ4n) is 5.28. The van der Waals surface area contributed by atoms with Gasteiger partial charge in [-0.2, -0.15) is 0 Å². The van der Waals surface area contributed by atoms with Gasteiger partial charge in [0.1, 0.15) is 17.7 Å². The average molecular weight is 433 g/mol. The number of fused-ring (bicyclic) bond motifs is 1. The van der Waals surface area contributed by atoms with Gasteiger partial charge in [0.05, 0.1) is 14.2 Å². The van der Waals surface area contributed by atoms with E-state index in [4.69, 9.17) is 9.47 Å². The summed E-state index contributed by atoms with van der Waals surface area (Å²) < 4.78 is 10.8. The summed E-state index contributed by atoms with van der Waals surface area (Å²) in [4.78, 5) is 2.51. The average Bonchev–Trinajstić information content (AvgIpc) is 3.50. The summed E-state index contributed by atoms with van der Waals surface area (Å²) in [5, 5.41) is 16.7. The van der Waals surface area contributed by atoms with E-state index in [1.165, 1.54) is 10.9 Å². The summed E-state index contributed by atoms with van der Waals surface area (Å²) in [5.41, 5.74) is 2.51. The molecule has 2 N–H and O–H groups in total. The van der Waals surface area contributed by atoms with E-state index in [0.29, 0.717) is 11.5 Å². The van der Waals surface area contributed by atoms with E-state index in [0.717, 1.165) is 61.3 Å². The van der Waals surface area contributed by atoms with E-state index in [9.17, 15) is 5.11 Å². The fourth-order valence-corrected chi connectivity index (χ4v) is 5.28. The zero-order valence-electron chi connectivity index (χ0n) is 18.9. The van der Waals surface area contributed by atoms with Crippen molar-refractivity contribution in [3.8, 4) is 11.5 Å². The monoisotopic (exact) mass is 432 g/mol. The van der Waals surface area contributed by atoms with Crippen molar-refractivity contribution in [2.75, 3.05) is 27.3 Å². The molecule has 2 fully saturated rings. The Bertz CT molecular complexity index is 1060. The second-order valence-electron chi connectivity index (χ2n) is 9.25. The molecule has 0 bridgehead atoms. The van der Waals surface area contributed by atoms with Crippen LogP contribution in [-0.4, -0.2) is 43.4 Å². The molecule has 32 heavy (non-hydrogen) atoms. The van der Waals surface area contributed by atoms with Crippen molar-refractivity contribution in [1.29, 1.82) is 0 Å². The molecule has 2 atom stereocenters. The molecule has 3 aromatic carbocycles. The first-order chi connectivity index (χ1) is 15.6. The quantitative estimate of drug-likeness (QED) is 0.539. The number of aliphatic hydroxyl groups excluding tert-OH is 1. The smallest absolute Gasteiger partial charge is 0.131 e. The number of nitrogens with one attached hydrogen (secondary N) is 1. The highest BCUT2D eigenvalue weighted by Crippen LogP contribution is 2.54. The van der Waals surface area contributed by atoms with Crippen LogP contribution < -0.4 is 14.8 Å². The minimum Gasteiger partial charge on any atom is -0.497 e. The Balaban J connectivity index is 1.18. The van der Waals surface area contributed by atoms with Crippen LogP contribution >= 0.6 is 0 Å². The predicted octanol–water partition coefficient (Wildman–Crippen LogP) is 4.49. The molecule has 0 amide bonds. The summed E-state index contributed by atoms with van der Waals surface area (Å²) >= 11 is 0. The summed E-state index contributed by atoms with van der Waals surface area (Å²) in [6.45, 7) is 3.05. The highest BCUT2D eigenvalue weighted by molar-refractivity contribution is 5.85. The zero-order chi connectivity index (χ0) is 22.1. The Morgan fingerprint density at radius 2 is 1.69 bits per heavy atom. The molecule has 1 heterocycles. The number of nitrogens with zero attached hydrogens (tertiary/aromatic N) is 1. The maximum absolute atomic E-state index is 10.9. The molecule has 1 saturated heterocycles. The Morgan fingerprint density at radius 1 is 1.00 bits per heavy atom. The van der Waals surface area contributed by atoms with Crippen LogP contribution in [0, 0.1) is 5.41 Å². The lowest BCUT2D eigenvalue weighted by atomic mass is 9.92. The number of methoxy groups -OCH3 is 2. The van der Waals surface area contributed by atoms with E-state index >= 15 is 0 Å². The van der Waals surface area contributed by atoms with Crippen molar-refractivity contribution in [3.05, 3.63) is 71.8 Å². The topological polar surface area (TPSA) is 54.0 Å². The van der Waals surface area contributed by atoms with E-state index in [1.54, 1.807) is 14.2 Å². The van der Waals surface area contributed by atoms with Crippen LogP contribution in [-0.2, 0) is 6.54 Å². The van der Waals surface area contributed by atoms with Crippen LogP contribution in [0.3, 0.4) is 0 Å². The Morgan fingerprint density at radius 3 is 2.41 bits per heavy atom. The third kappa shape index (κ3) is 4.20. The summed E-state index contributed by atoms with van der Waals surface area (Å²) in [7, 11) is 3.38. The second-order valence-corrected chi connectivity index (χ2v) is 9.25. The third-order valence-corrected chi connectivity index (χ3v) is 7.34. The maximum Gasteiger partial charge on any atom is 0.131 e. The van der Waals surface area contributed by atoms with Crippen molar-refractivity contribution < 1.29 is 14.6 Å². The van der Waals surface area contributed by atoms with Crippen LogP contribution in [0.1, 0.15) is 36.6 Å². The fraction of sp³-hybridized carbons (Fsp3) is 0.407. The minimum atomic E-state index is -0.632. The summed E-state index contributed by atoms with van der Waals surface area (Å²) in [6, 6.07) is 20.9. The van der Waals surface area contributed by atoms with E-state index in [2.05, 4.69) is 40.5 Å². The van der Waals surface area contributed by atoms with Gasteiger partial charge < -0.3 is 14.6 Å². The lowest BCUT2D eigenvalue weighted by Gasteiger charge is -2.33. The van der Waals surface area contributed by atoms with E-state index in [-0.39, 0.29) is 0 Å². The van der Waals surface area contributed by atoms with Crippen LogP contribution in [0.15, 0.2) is 60.7 Å². The lowest BCUT2D eigenvalue weighted by molar-refractivity contribution is 0.116. The van der Waals surface area contributed by atoms with Crippen LogP contribution in [0.5, 0.6) is 11.5 Å². The van der Waals surface area contributed by atoms with Gasteiger partial charge in [-0.15, -0.1) is 0 Å². The number of ether oxygens (including phenoxy) is 2. The van der Waals surface area contributed by atoms with Gasteiger partial charge in [0.2, 0.25) is 0 Å². The van der Waals surface area contributed by atoms with Gasteiger partial charge in [0, 0.05) is 24.2 Å². The molecule has 168 valence electrons. The van der Waals surface area contributed by atoms with Gasteiger partial charge in [-0.05, 0) is 66.2 Å². The van der Waals surface area contributed by atoms with Crippen molar-refractivity contribution in [2.45, 2.75) is 38.1 Å². The first-order valence-corrected chi connectivity index (χ1v) is 11.5. The molecule has 5 nitrogen and oxygen atoms in total. The standard InChI is InChI=1S/C27H32N2O3/c1-31-21-14-19(15-22(16-21)32-2)18-29-12-10-27(11-13-29)17-25(27)28-26(30)24-9-5-7-20-6-3-4-8-23(20)24/h3-9,14-16,25-26,28,30H,10-13,17-18H2,1-2H3. The van der Waals surface area contributed by atoms with Gasteiger partial charge in [0.15, 0.2) is 0 Å². The van der Waals surface area contributed by atoms with Crippen molar-refractivity contribution >= 4 is 10.8 Å². The third-order valence-electron chi connectivity index (χ3n) is 7.34. The molecular formula is C27H32N2O3. The van der Waals surface area contributed by atoms with Crippen molar-refractivity contribution in [1.82, 2.24) is 10.2 Å². The number of aliphatic hydroxyl groups is 1. The molecule has 0 radical (unpaired) electrons. The van der Waals surface area contributed by atoms with Gasteiger partial charge in [-0.25, -0.2) is 0 Å². The minimum absolute atomic E-state index is 0.328. The Kier molecular flexibility index (Phi) is 5.80. The zero-order valence-corrected chi connectivity index (χ0v) is 18.9. The van der Waals surface area contributed by atoms with Crippen molar-refractivity contribution in [3.63, 3.8) is 0 Å². The molecule has 0 aromatic heterocycles. The number of benzene rings is 3. The molecule has 2 unspecified atom stereocenters. The Labute approximate surface area is 190 Å². The van der Waals surface area contributed by atoms with Crippen LogP contribution in [0.4, 0.5) is 0 Å². The molecule has 5 rings (SSSR count). The highest BCUT2D eigenvalue weighted by atomic mass is 16.5. The Hall–Kier alpha value is -2.60. The van der Waals surface area contributed by atoms with Gasteiger partial charge in [0.25, 0.3) is 0 Å². The highest BCUT2D eigenvalue weighted by Gasteiger charge is 2.55. The first kappa shape index (κ1) is 21.3. The molecule has 1 spiro atoms. The van der Waals surface area contributed by atoms with E-state index < -0.39 is 6.23 Å². The molecule has 1 aliphatic heterocycles. The maximum atomic E-state index is 10.9. The molecule has 5 heteroatoms. The predicted molar refractivity (Wildman–Crippen MR) is 127 cm³/mol. The number of hydrogen-bond acceptors (Lipinski definition) is 5. The second kappa shape index (κ2) is 8.74. The first-order valence-electron chi connectivity index (χ1n) is 11.5. The van der Waals surface area contributed by atoms with Gasteiger partial charge in [-0.3, -0.25) is 10.2 Å². The molecule has 1 saturated carbocycles. The molecule has 1 aliphatic carbocycles. The number of rotatable bonds is 7. The van der Waals surface area contributed by atoms with Crippen molar-refractivity contribution in [2.24, 2.45) is 5.41 Å². The normalized spacial score (nSPS) is 20.9.